The van der Waals surface area contributed by atoms with Gasteiger partial charge in [-0.15, -0.1) is 0 Å². The van der Waals surface area contributed by atoms with Crippen molar-refractivity contribution in [2.45, 2.75) is 39.3 Å². The maximum Gasteiger partial charge on any atom is 0.0642 e. The molecule has 1 atom stereocenters. The van der Waals surface area contributed by atoms with E-state index in [0.29, 0.717) is 6.04 Å². The monoisotopic (exact) mass is 309 g/mol. The van der Waals surface area contributed by atoms with Gasteiger partial charge in [-0.3, -0.25) is 4.90 Å². The molecule has 0 bridgehead atoms. The van der Waals surface area contributed by atoms with Crippen LogP contribution in [-0.4, -0.2) is 44.2 Å². The molecule has 0 spiro atoms. The van der Waals surface area contributed by atoms with Gasteiger partial charge in [0.15, 0.2) is 0 Å². The predicted molar refractivity (Wildman–Crippen MR) is 92.4 cm³/mol. The minimum Gasteiger partial charge on any atom is -0.367 e. The summed E-state index contributed by atoms with van der Waals surface area (Å²) in [4.78, 5) is 4.93. The fourth-order valence-corrected chi connectivity index (χ4v) is 3.36. The number of rotatable bonds is 6. The Morgan fingerprint density at radius 3 is 2.81 bits per heavy atom. The van der Waals surface area contributed by atoms with Crippen molar-refractivity contribution in [2.24, 2.45) is 0 Å². The minimum atomic E-state index is 0.617. The molecule has 2 rings (SSSR count). The highest BCUT2D eigenvalue weighted by atomic mass is 35.5. The first-order valence-corrected chi connectivity index (χ1v) is 8.48. The molecule has 1 aromatic carbocycles. The summed E-state index contributed by atoms with van der Waals surface area (Å²) in [5, 5.41) is 4.38. The molecule has 0 aromatic heterocycles. The molecule has 1 fully saturated rings. The third-order valence-electron chi connectivity index (χ3n) is 4.38. The number of benzene rings is 1. The van der Waals surface area contributed by atoms with Crippen LogP contribution in [-0.2, 0) is 6.54 Å². The number of halogens is 1. The second-order valence-corrected chi connectivity index (χ2v) is 6.32. The van der Waals surface area contributed by atoms with Gasteiger partial charge >= 0.3 is 0 Å². The molecule has 0 radical (unpaired) electrons. The third kappa shape index (κ3) is 4.12. The number of likely N-dealkylation sites (N-methyl/N-ethyl adjacent to an activating group) is 1. The Balaban J connectivity index is 2.17. The van der Waals surface area contributed by atoms with Crippen molar-refractivity contribution in [3.05, 3.63) is 28.8 Å². The number of anilines is 1. The molecule has 21 heavy (non-hydrogen) atoms. The smallest absolute Gasteiger partial charge is 0.0642 e. The third-order valence-corrected chi connectivity index (χ3v) is 4.68. The van der Waals surface area contributed by atoms with Crippen molar-refractivity contribution in [1.29, 1.82) is 0 Å². The van der Waals surface area contributed by atoms with Crippen LogP contribution in [0.25, 0.3) is 0 Å². The second kappa shape index (κ2) is 8.02. The van der Waals surface area contributed by atoms with E-state index in [0.717, 1.165) is 44.2 Å². The molecule has 1 heterocycles. The van der Waals surface area contributed by atoms with Gasteiger partial charge in [-0.25, -0.2) is 0 Å². The maximum atomic E-state index is 6.52. The van der Waals surface area contributed by atoms with Gasteiger partial charge in [0, 0.05) is 32.2 Å². The van der Waals surface area contributed by atoms with Crippen molar-refractivity contribution in [3.8, 4) is 0 Å². The standard InChI is InChI=1S/C17H28ClN3/c1-4-9-19-12-14-7-6-8-16(18)17(14)21-11-10-20(3)15(5-2)13-21/h6-8,15,19H,4-5,9-13H2,1-3H3. The number of hydrogen-bond acceptors (Lipinski definition) is 3. The van der Waals surface area contributed by atoms with Crippen molar-refractivity contribution in [3.63, 3.8) is 0 Å². The summed E-state index contributed by atoms with van der Waals surface area (Å²) < 4.78 is 0. The highest BCUT2D eigenvalue weighted by Gasteiger charge is 2.25. The van der Waals surface area contributed by atoms with Crippen LogP contribution in [0.5, 0.6) is 0 Å². The van der Waals surface area contributed by atoms with Crippen molar-refractivity contribution >= 4 is 17.3 Å². The summed E-state index contributed by atoms with van der Waals surface area (Å²) >= 11 is 6.52. The normalized spacial score (nSPS) is 20.0. The lowest BCUT2D eigenvalue weighted by atomic mass is 10.1. The van der Waals surface area contributed by atoms with Crippen LogP contribution in [0, 0.1) is 0 Å². The fourth-order valence-electron chi connectivity index (χ4n) is 3.05. The zero-order valence-corrected chi connectivity index (χ0v) is 14.3. The number of piperazine rings is 1. The van der Waals surface area contributed by atoms with Gasteiger partial charge in [-0.05, 0) is 38.1 Å². The summed E-state index contributed by atoms with van der Waals surface area (Å²) in [6.07, 6.45) is 2.34. The fraction of sp³-hybridized carbons (Fsp3) is 0.647. The van der Waals surface area contributed by atoms with E-state index in [1.54, 1.807) is 0 Å². The predicted octanol–water partition coefficient (Wildman–Crippen LogP) is 3.37. The molecule has 118 valence electrons. The molecule has 0 amide bonds. The summed E-state index contributed by atoms with van der Waals surface area (Å²) in [6.45, 7) is 9.62. The highest BCUT2D eigenvalue weighted by Crippen LogP contribution is 2.31. The maximum absolute atomic E-state index is 6.52. The van der Waals surface area contributed by atoms with Crippen LogP contribution in [0.2, 0.25) is 5.02 Å². The van der Waals surface area contributed by atoms with Gasteiger partial charge < -0.3 is 10.2 Å². The number of nitrogens with one attached hydrogen (secondary N) is 1. The molecular weight excluding hydrogens is 282 g/mol. The first-order chi connectivity index (χ1) is 10.2. The van der Waals surface area contributed by atoms with E-state index in [9.17, 15) is 0 Å². The SMILES string of the molecule is CCCNCc1cccc(Cl)c1N1CCN(C)C(CC)C1. The van der Waals surface area contributed by atoms with E-state index in [1.165, 1.54) is 17.7 Å². The molecule has 1 aliphatic rings. The Bertz CT molecular complexity index is 450. The Kier molecular flexibility index (Phi) is 6.34. The average Bonchev–Trinajstić information content (AvgIpc) is 2.49. The molecule has 0 aliphatic carbocycles. The number of hydrogen-bond donors (Lipinski definition) is 1. The highest BCUT2D eigenvalue weighted by molar-refractivity contribution is 6.33. The quantitative estimate of drug-likeness (QED) is 0.813. The lowest BCUT2D eigenvalue weighted by Crippen LogP contribution is -2.51. The molecule has 3 nitrogen and oxygen atoms in total. The molecule has 1 N–H and O–H groups in total. The molecule has 4 heteroatoms. The van der Waals surface area contributed by atoms with E-state index in [4.69, 9.17) is 11.6 Å². The van der Waals surface area contributed by atoms with Gasteiger partial charge in [-0.2, -0.15) is 0 Å². The largest absolute Gasteiger partial charge is 0.367 e. The van der Waals surface area contributed by atoms with E-state index in [1.807, 2.05) is 6.07 Å². The van der Waals surface area contributed by atoms with E-state index in [-0.39, 0.29) is 0 Å². The lowest BCUT2D eigenvalue weighted by Gasteiger charge is -2.41. The van der Waals surface area contributed by atoms with E-state index in [2.05, 4.69) is 48.1 Å². The Hall–Kier alpha value is -0.770. The molecule has 1 aromatic rings. The lowest BCUT2D eigenvalue weighted by molar-refractivity contribution is 0.213. The number of nitrogens with zero attached hydrogens (tertiary/aromatic N) is 2. The van der Waals surface area contributed by atoms with Crippen LogP contribution >= 0.6 is 11.6 Å². The molecule has 1 unspecified atom stereocenters. The van der Waals surface area contributed by atoms with Gasteiger partial charge in [0.25, 0.3) is 0 Å². The van der Waals surface area contributed by atoms with Crippen molar-refractivity contribution in [1.82, 2.24) is 10.2 Å². The summed E-state index contributed by atoms with van der Waals surface area (Å²) in [6, 6.07) is 6.89. The zero-order chi connectivity index (χ0) is 15.2. The van der Waals surface area contributed by atoms with E-state index < -0.39 is 0 Å². The minimum absolute atomic E-state index is 0.617. The molecule has 1 saturated heterocycles. The first-order valence-electron chi connectivity index (χ1n) is 8.10. The van der Waals surface area contributed by atoms with E-state index >= 15 is 0 Å². The van der Waals surface area contributed by atoms with Crippen LogP contribution in [0.15, 0.2) is 18.2 Å². The average molecular weight is 310 g/mol. The van der Waals surface area contributed by atoms with Gasteiger partial charge in [0.1, 0.15) is 0 Å². The Morgan fingerprint density at radius 2 is 2.10 bits per heavy atom. The molecular formula is C17H28ClN3. The zero-order valence-electron chi connectivity index (χ0n) is 13.5. The van der Waals surface area contributed by atoms with Crippen LogP contribution in [0.1, 0.15) is 32.3 Å². The summed E-state index contributed by atoms with van der Waals surface area (Å²) in [7, 11) is 2.22. The number of para-hydroxylation sites is 1. The van der Waals surface area contributed by atoms with Crippen LogP contribution in [0.4, 0.5) is 5.69 Å². The van der Waals surface area contributed by atoms with Gasteiger partial charge in [0.2, 0.25) is 0 Å². The molecule has 1 aliphatic heterocycles. The van der Waals surface area contributed by atoms with Crippen LogP contribution < -0.4 is 10.2 Å². The van der Waals surface area contributed by atoms with Crippen LogP contribution in [0.3, 0.4) is 0 Å². The summed E-state index contributed by atoms with van der Waals surface area (Å²) in [5.41, 5.74) is 2.55. The topological polar surface area (TPSA) is 18.5 Å². The van der Waals surface area contributed by atoms with Crippen molar-refractivity contribution < 1.29 is 0 Å². The summed E-state index contributed by atoms with van der Waals surface area (Å²) in [5.74, 6) is 0. The second-order valence-electron chi connectivity index (χ2n) is 5.91. The Morgan fingerprint density at radius 1 is 1.29 bits per heavy atom. The first kappa shape index (κ1) is 16.6. The molecule has 0 saturated carbocycles. The van der Waals surface area contributed by atoms with Gasteiger partial charge in [-0.1, -0.05) is 37.6 Å². The van der Waals surface area contributed by atoms with Crippen molar-refractivity contribution in [2.75, 3.05) is 38.1 Å². The Labute approximate surface area is 134 Å². The van der Waals surface area contributed by atoms with Gasteiger partial charge in [0.05, 0.1) is 10.7 Å².